The largest absolute Gasteiger partial charge is 0.465 e. The zero-order valence-electron chi connectivity index (χ0n) is 16.5. The molecule has 3 N–H and O–H groups in total. The van der Waals surface area contributed by atoms with E-state index in [1.165, 1.54) is 18.9 Å². The number of carbonyl (C=O) groups is 3. The number of carbonyl (C=O) groups excluding carboxylic acids is 3. The number of esters is 1. The van der Waals surface area contributed by atoms with Gasteiger partial charge < -0.3 is 15.8 Å². The van der Waals surface area contributed by atoms with Crippen molar-refractivity contribution in [2.75, 3.05) is 18.2 Å². The minimum Gasteiger partial charge on any atom is -0.465 e. The van der Waals surface area contributed by atoms with Crippen LogP contribution in [0.25, 0.3) is 5.69 Å². The Labute approximate surface area is 180 Å². The normalized spacial score (nSPS) is 10.6. The Bertz CT molecular complexity index is 1110. The minimum atomic E-state index is -0.677. The van der Waals surface area contributed by atoms with Gasteiger partial charge in [-0.25, -0.2) is 4.79 Å². The average Bonchev–Trinajstić information content (AvgIpc) is 3.26. The Morgan fingerprint density at radius 2 is 1.90 bits per heavy atom. The van der Waals surface area contributed by atoms with Gasteiger partial charge in [-0.3, -0.25) is 14.2 Å². The number of nitrogens with one attached hydrogen (secondary N) is 1. The lowest BCUT2D eigenvalue weighted by Crippen LogP contribution is -2.16. The average molecular weight is 446 g/mol. The summed E-state index contributed by atoms with van der Waals surface area (Å²) in [6, 6.07) is 9.55. The smallest absolute Gasteiger partial charge is 0.341 e. The van der Waals surface area contributed by atoms with Crippen LogP contribution < -0.4 is 11.1 Å². The molecule has 11 heteroatoms. The van der Waals surface area contributed by atoms with Gasteiger partial charge >= 0.3 is 5.97 Å². The van der Waals surface area contributed by atoms with Crippen LogP contribution in [0.2, 0.25) is 0 Å². The van der Waals surface area contributed by atoms with Gasteiger partial charge in [0.1, 0.15) is 10.8 Å². The second-order valence-electron chi connectivity index (χ2n) is 6.15. The number of nitrogens with zero attached hydrogens (tertiary/aromatic N) is 3. The third-order valence-electron chi connectivity index (χ3n) is 4.15. The molecule has 2 aromatic heterocycles. The van der Waals surface area contributed by atoms with Crippen LogP contribution in [-0.4, -0.2) is 45.4 Å². The molecule has 156 valence electrons. The predicted molar refractivity (Wildman–Crippen MR) is 114 cm³/mol. The molecular weight excluding hydrogens is 426 g/mol. The summed E-state index contributed by atoms with van der Waals surface area (Å²) in [6.45, 7) is 3.41. The standard InChI is InChI=1S/C19H19N5O4S2/c1-10-14(18(27)28-3)17(30-15(10)16(20)26)21-13(25)9-29-19-23-22-11(2)24(19)12-7-5-4-6-8-12/h4-8H,9H2,1-3H3,(H2,20,26)(H,21,25). The van der Waals surface area contributed by atoms with Crippen molar-refractivity contribution in [3.63, 3.8) is 0 Å². The number of hydrogen-bond donors (Lipinski definition) is 2. The van der Waals surface area contributed by atoms with Gasteiger partial charge in [0, 0.05) is 5.69 Å². The van der Waals surface area contributed by atoms with Crippen molar-refractivity contribution in [3.05, 3.63) is 52.2 Å². The molecule has 2 heterocycles. The number of rotatable bonds is 7. The lowest BCUT2D eigenvalue weighted by molar-refractivity contribution is -0.113. The number of nitrogens with two attached hydrogens (primary N) is 1. The molecule has 0 fully saturated rings. The van der Waals surface area contributed by atoms with Gasteiger partial charge in [0.05, 0.1) is 23.3 Å². The number of para-hydroxylation sites is 1. The molecule has 0 aliphatic heterocycles. The molecule has 0 aliphatic rings. The van der Waals surface area contributed by atoms with Crippen LogP contribution in [0.15, 0.2) is 35.5 Å². The number of thioether (sulfide) groups is 1. The molecule has 0 saturated heterocycles. The van der Waals surface area contributed by atoms with Crippen LogP contribution in [-0.2, 0) is 9.53 Å². The molecule has 0 aliphatic carbocycles. The number of ether oxygens (including phenoxy) is 1. The maximum absolute atomic E-state index is 12.5. The molecule has 0 radical (unpaired) electrons. The molecule has 2 amide bonds. The first-order valence-electron chi connectivity index (χ1n) is 8.75. The fourth-order valence-electron chi connectivity index (χ4n) is 2.79. The van der Waals surface area contributed by atoms with E-state index in [-0.39, 0.29) is 27.1 Å². The van der Waals surface area contributed by atoms with Crippen molar-refractivity contribution in [2.24, 2.45) is 5.73 Å². The first-order chi connectivity index (χ1) is 14.3. The summed E-state index contributed by atoms with van der Waals surface area (Å²) in [6.07, 6.45) is 0. The van der Waals surface area contributed by atoms with Crippen molar-refractivity contribution >= 4 is 45.9 Å². The fraction of sp³-hybridized carbons (Fsp3) is 0.211. The first-order valence-corrected chi connectivity index (χ1v) is 10.5. The number of anilines is 1. The Kier molecular flexibility index (Phi) is 6.53. The van der Waals surface area contributed by atoms with Gasteiger partial charge in [-0.05, 0) is 31.5 Å². The topological polar surface area (TPSA) is 129 Å². The first kappa shape index (κ1) is 21.5. The third kappa shape index (κ3) is 4.36. The summed E-state index contributed by atoms with van der Waals surface area (Å²) in [5, 5.41) is 11.7. The van der Waals surface area contributed by atoms with Crippen LogP contribution in [0.4, 0.5) is 5.00 Å². The van der Waals surface area contributed by atoms with Crippen LogP contribution in [0.3, 0.4) is 0 Å². The number of hydrogen-bond acceptors (Lipinski definition) is 8. The molecular formula is C19H19N5O4S2. The molecule has 0 bridgehead atoms. The number of primary amides is 1. The molecule has 30 heavy (non-hydrogen) atoms. The van der Waals surface area contributed by atoms with E-state index in [0.717, 1.165) is 17.0 Å². The van der Waals surface area contributed by atoms with Crippen molar-refractivity contribution < 1.29 is 19.1 Å². The number of benzene rings is 1. The van der Waals surface area contributed by atoms with E-state index >= 15 is 0 Å². The molecule has 0 atom stereocenters. The quantitative estimate of drug-likeness (QED) is 0.422. The number of aromatic nitrogens is 3. The van der Waals surface area contributed by atoms with Gasteiger partial charge in [-0.15, -0.1) is 21.5 Å². The van der Waals surface area contributed by atoms with Gasteiger partial charge in [0.2, 0.25) is 5.91 Å². The summed E-state index contributed by atoms with van der Waals surface area (Å²) in [5.74, 6) is -0.989. The van der Waals surface area contributed by atoms with Gasteiger partial charge in [-0.2, -0.15) is 0 Å². The van der Waals surface area contributed by atoms with Crippen molar-refractivity contribution in [1.82, 2.24) is 14.8 Å². The third-order valence-corrected chi connectivity index (χ3v) is 6.31. The maximum Gasteiger partial charge on any atom is 0.341 e. The zero-order chi connectivity index (χ0) is 21.8. The number of aryl methyl sites for hydroxylation is 1. The zero-order valence-corrected chi connectivity index (χ0v) is 18.1. The highest BCUT2D eigenvalue weighted by molar-refractivity contribution is 7.99. The fourth-order valence-corrected chi connectivity index (χ4v) is 4.65. The van der Waals surface area contributed by atoms with E-state index in [1.807, 2.05) is 41.8 Å². The second-order valence-corrected chi connectivity index (χ2v) is 8.12. The highest BCUT2D eigenvalue weighted by Gasteiger charge is 2.25. The van der Waals surface area contributed by atoms with E-state index < -0.39 is 11.9 Å². The summed E-state index contributed by atoms with van der Waals surface area (Å²) >= 11 is 2.14. The SMILES string of the molecule is COC(=O)c1c(NC(=O)CSc2nnc(C)n2-c2ccccc2)sc(C(N)=O)c1C. The lowest BCUT2D eigenvalue weighted by Gasteiger charge is -2.08. The van der Waals surface area contributed by atoms with E-state index in [1.54, 1.807) is 6.92 Å². The molecule has 3 rings (SSSR count). The summed E-state index contributed by atoms with van der Waals surface area (Å²) in [7, 11) is 1.23. The monoisotopic (exact) mass is 445 g/mol. The van der Waals surface area contributed by atoms with Crippen molar-refractivity contribution in [1.29, 1.82) is 0 Å². The number of amides is 2. The molecule has 0 unspecified atom stereocenters. The number of methoxy groups -OCH3 is 1. The van der Waals surface area contributed by atoms with E-state index in [4.69, 9.17) is 10.5 Å². The van der Waals surface area contributed by atoms with Crippen LogP contribution in [0.1, 0.15) is 31.4 Å². The van der Waals surface area contributed by atoms with Crippen molar-refractivity contribution in [2.45, 2.75) is 19.0 Å². The Balaban J connectivity index is 1.78. The molecule has 0 saturated carbocycles. The van der Waals surface area contributed by atoms with E-state index in [9.17, 15) is 14.4 Å². The van der Waals surface area contributed by atoms with Crippen LogP contribution in [0.5, 0.6) is 0 Å². The molecule has 9 nitrogen and oxygen atoms in total. The maximum atomic E-state index is 12.5. The number of thiophene rings is 1. The lowest BCUT2D eigenvalue weighted by atomic mass is 10.1. The summed E-state index contributed by atoms with van der Waals surface area (Å²) in [4.78, 5) is 36.5. The highest BCUT2D eigenvalue weighted by Crippen LogP contribution is 2.33. The van der Waals surface area contributed by atoms with Gasteiger partial charge in [0.15, 0.2) is 5.16 Å². The van der Waals surface area contributed by atoms with Gasteiger partial charge in [0.25, 0.3) is 5.91 Å². The molecule has 3 aromatic rings. The van der Waals surface area contributed by atoms with Gasteiger partial charge in [-0.1, -0.05) is 30.0 Å². The van der Waals surface area contributed by atoms with Crippen LogP contribution >= 0.6 is 23.1 Å². The second kappa shape index (κ2) is 9.09. The summed E-state index contributed by atoms with van der Waals surface area (Å²) < 4.78 is 6.61. The predicted octanol–water partition coefficient (Wildman–Crippen LogP) is 2.56. The molecule has 1 aromatic carbocycles. The highest BCUT2D eigenvalue weighted by atomic mass is 32.2. The summed E-state index contributed by atoms with van der Waals surface area (Å²) in [5.41, 5.74) is 6.75. The Hall–Kier alpha value is -3.18. The minimum absolute atomic E-state index is 0.0223. The van der Waals surface area contributed by atoms with E-state index in [2.05, 4.69) is 15.5 Å². The Morgan fingerprint density at radius 3 is 2.53 bits per heavy atom. The van der Waals surface area contributed by atoms with E-state index in [0.29, 0.717) is 16.5 Å². The van der Waals surface area contributed by atoms with Crippen molar-refractivity contribution in [3.8, 4) is 5.69 Å². The van der Waals surface area contributed by atoms with Crippen LogP contribution in [0, 0.1) is 13.8 Å². The molecule has 0 spiro atoms. The Morgan fingerprint density at radius 1 is 1.20 bits per heavy atom.